The summed E-state index contributed by atoms with van der Waals surface area (Å²) in [5.74, 6) is 0. The van der Waals surface area contributed by atoms with Gasteiger partial charge in [-0.3, -0.25) is 4.98 Å². The van der Waals surface area contributed by atoms with Crippen LogP contribution in [0.1, 0.15) is 11.3 Å². The third-order valence-electron chi connectivity index (χ3n) is 2.74. The van der Waals surface area contributed by atoms with E-state index in [1.807, 2.05) is 36.4 Å². The summed E-state index contributed by atoms with van der Waals surface area (Å²) in [7, 11) is 0. The lowest BCUT2D eigenvalue weighted by atomic mass is 10.1. The molecular formula is C14H12N4. The first kappa shape index (κ1) is 10.7. The third-order valence-corrected chi connectivity index (χ3v) is 2.74. The Morgan fingerprint density at radius 1 is 0.889 bits per heavy atom. The van der Waals surface area contributed by atoms with Gasteiger partial charge in [0.15, 0.2) is 0 Å². The highest BCUT2D eigenvalue weighted by atomic mass is 15.3. The van der Waals surface area contributed by atoms with E-state index in [4.69, 9.17) is 0 Å². The number of hydrogen-bond donors (Lipinski definition) is 1. The second-order valence-corrected chi connectivity index (χ2v) is 4.00. The number of nitrogens with zero attached hydrogens (tertiary/aromatic N) is 3. The molecule has 0 amide bonds. The number of rotatable bonds is 3. The zero-order valence-electron chi connectivity index (χ0n) is 9.74. The number of hydrogen-bond acceptors (Lipinski definition) is 3. The van der Waals surface area contributed by atoms with Gasteiger partial charge in [-0.05, 0) is 17.7 Å². The van der Waals surface area contributed by atoms with Crippen molar-refractivity contribution in [3.05, 3.63) is 66.0 Å². The zero-order chi connectivity index (χ0) is 12.2. The predicted molar refractivity (Wildman–Crippen MR) is 68.9 cm³/mol. The van der Waals surface area contributed by atoms with Crippen LogP contribution in [0.3, 0.4) is 0 Å². The van der Waals surface area contributed by atoms with Gasteiger partial charge in [-0.15, -0.1) is 0 Å². The van der Waals surface area contributed by atoms with Crippen LogP contribution in [0.5, 0.6) is 0 Å². The van der Waals surface area contributed by atoms with Crippen LogP contribution < -0.4 is 0 Å². The van der Waals surface area contributed by atoms with Crippen LogP contribution in [0, 0.1) is 0 Å². The number of aromatic nitrogens is 4. The summed E-state index contributed by atoms with van der Waals surface area (Å²) >= 11 is 0. The Hall–Kier alpha value is -2.49. The number of pyridine rings is 1. The summed E-state index contributed by atoms with van der Waals surface area (Å²) < 4.78 is 0. The molecule has 0 spiro atoms. The van der Waals surface area contributed by atoms with Gasteiger partial charge in [-0.1, -0.05) is 36.4 Å². The normalized spacial score (nSPS) is 10.4. The molecule has 88 valence electrons. The first-order valence-corrected chi connectivity index (χ1v) is 5.78. The molecule has 4 heteroatoms. The van der Waals surface area contributed by atoms with Crippen molar-refractivity contribution in [2.75, 3.05) is 0 Å². The fourth-order valence-corrected chi connectivity index (χ4v) is 1.87. The molecule has 0 aliphatic heterocycles. The maximum Gasteiger partial charge on any atom is 0.134 e. The molecule has 0 fully saturated rings. The van der Waals surface area contributed by atoms with Gasteiger partial charge in [0.2, 0.25) is 0 Å². The van der Waals surface area contributed by atoms with E-state index in [0.29, 0.717) is 0 Å². The maximum absolute atomic E-state index is 4.30. The van der Waals surface area contributed by atoms with Gasteiger partial charge in [0.05, 0.1) is 11.4 Å². The van der Waals surface area contributed by atoms with Gasteiger partial charge in [0.1, 0.15) is 5.69 Å². The zero-order valence-corrected chi connectivity index (χ0v) is 9.74. The van der Waals surface area contributed by atoms with Gasteiger partial charge >= 0.3 is 0 Å². The van der Waals surface area contributed by atoms with Crippen LogP contribution in [0.4, 0.5) is 0 Å². The van der Waals surface area contributed by atoms with E-state index in [1.54, 1.807) is 6.20 Å². The van der Waals surface area contributed by atoms with Gasteiger partial charge in [0.25, 0.3) is 0 Å². The summed E-state index contributed by atoms with van der Waals surface area (Å²) in [6.45, 7) is 0. The number of benzene rings is 1. The molecule has 0 atom stereocenters. The lowest BCUT2D eigenvalue weighted by molar-refractivity contribution is 0.915. The van der Waals surface area contributed by atoms with Gasteiger partial charge < -0.3 is 0 Å². The summed E-state index contributed by atoms with van der Waals surface area (Å²) in [4.78, 5) is 4.30. The van der Waals surface area contributed by atoms with Gasteiger partial charge in [-0.25, -0.2) is 0 Å². The van der Waals surface area contributed by atoms with E-state index in [1.165, 1.54) is 5.56 Å². The predicted octanol–water partition coefficient (Wildman–Crippen LogP) is 2.46. The summed E-state index contributed by atoms with van der Waals surface area (Å²) in [5, 5.41) is 11.1. The standard InChI is InChI=1S/C14H12N4/c1-2-6-11(7-3-1)10-13-14(17-18-16-13)12-8-4-5-9-15-12/h1-9H,10H2,(H,16,17,18). The van der Waals surface area contributed by atoms with Crippen molar-refractivity contribution in [3.63, 3.8) is 0 Å². The van der Waals surface area contributed by atoms with E-state index in [-0.39, 0.29) is 0 Å². The van der Waals surface area contributed by atoms with E-state index in [9.17, 15) is 0 Å². The Balaban J connectivity index is 1.93. The van der Waals surface area contributed by atoms with Crippen molar-refractivity contribution in [2.45, 2.75) is 6.42 Å². The SMILES string of the molecule is c1ccc(Cc2n[nH]nc2-c2ccccn2)cc1. The topological polar surface area (TPSA) is 54.5 Å². The van der Waals surface area contributed by atoms with Crippen molar-refractivity contribution in [1.82, 2.24) is 20.4 Å². The number of aromatic amines is 1. The first-order valence-electron chi connectivity index (χ1n) is 5.78. The quantitative estimate of drug-likeness (QED) is 0.760. The molecule has 0 saturated carbocycles. The van der Waals surface area contributed by atoms with Gasteiger partial charge in [0, 0.05) is 12.6 Å². The second kappa shape index (κ2) is 4.79. The monoisotopic (exact) mass is 236 g/mol. The highest BCUT2D eigenvalue weighted by Gasteiger charge is 2.11. The van der Waals surface area contributed by atoms with Crippen LogP contribution in [0.2, 0.25) is 0 Å². The fourth-order valence-electron chi connectivity index (χ4n) is 1.87. The van der Waals surface area contributed by atoms with Crippen LogP contribution in [-0.2, 0) is 6.42 Å². The van der Waals surface area contributed by atoms with Crippen LogP contribution in [-0.4, -0.2) is 20.4 Å². The Kier molecular flexibility index (Phi) is 2.84. The van der Waals surface area contributed by atoms with Crippen molar-refractivity contribution in [3.8, 4) is 11.4 Å². The molecule has 0 unspecified atom stereocenters. The molecule has 2 heterocycles. The van der Waals surface area contributed by atoms with E-state index < -0.39 is 0 Å². The second-order valence-electron chi connectivity index (χ2n) is 4.00. The molecule has 0 bridgehead atoms. The van der Waals surface area contributed by atoms with Crippen LogP contribution in [0.15, 0.2) is 54.7 Å². The molecule has 2 aromatic heterocycles. The largest absolute Gasteiger partial charge is 0.254 e. The fraction of sp³-hybridized carbons (Fsp3) is 0.0714. The molecule has 3 rings (SSSR count). The average Bonchev–Trinajstić information content (AvgIpc) is 2.89. The number of H-pyrrole nitrogens is 1. The lowest BCUT2D eigenvalue weighted by Crippen LogP contribution is -1.92. The molecule has 1 N–H and O–H groups in total. The Bertz CT molecular complexity index is 617. The van der Waals surface area contributed by atoms with Crippen molar-refractivity contribution < 1.29 is 0 Å². The third kappa shape index (κ3) is 2.13. The molecule has 3 aromatic rings. The number of nitrogens with one attached hydrogen (secondary N) is 1. The van der Waals surface area contributed by atoms with E-state index in [0.717, 1.165) is 23.5 Å². The van der Waals surface area contributed by atoms with E-state index >= 15 is 0 Å². The Morgan fingerprint density at radius 2 is 1.72 bits per heavy atom. The molecule has 1 aromatic carbocycles. The molecule has 0 aliphatic rings. The van der Waals surface area contributed by atoms with Crippen LogP contribution >= 0.6 is 0 Å². The van der Waals surface area contributed by atoms with Crippen LogP contribution in [0.25, 0.3) is 11.4 Å². The average molecular weight is 236 g/mol. The highest BCUT2D eigenvalue weighted by molar-refractivity contribution is 5.56. The first-order chi connectivity index (χ1) is 8.93. The van der Waals surface area contributed by atoms with Crippen molar-refractivity contribution >= 4 is 0 Å². The molecule has 4 nitrogen and oxygen atoms in total. The molecular weight excluding hydrogens is 224 g/mol. The van der Waals surface area contributed by atoms with E-state index in [2.05, 4.69) is 32.5 Å². The van der Waals surface area contributed by atoms with Crippen molar-refractivity contribution in [2.24, 2.45) is 0 Å². The minimum Gasteiger partial charge on any atom is -0.254 e. The minimum absolute atomic E-state index is 0.753. The van der Waals surface area contributed by atoms with Gasteiger partial charge in [-0.2, -0.15) is 15.4 Å². The maximum atomic E-state index is 4.30. The summed E-state index contributed by atoms with van der Waals surface area (Å²) in [6, 6.07) is 16.0. The Morgan fingerprint density at radius 3 is 2.50 bits per heavy atom. The highest BCUT2D eigenvalue weighted by Crippen LogP contribution is 2.19. The smallest absolute Gasteiger partial charge is 0.134 e. The lowest BCUT2D eigenvalue weighted by Gasteiger charge is -2.00. The molecule has 18 heavy (non-hydrogen) atoms. The molecule has 0 aliphatic carbocycles. The molecule has 0 saturated heterocycles. The summed E-state index contributed by atoms with van der Waals surface area (Å²) in [5.41, 5.74) is 3.79. The minimum atomic E-state index is 0.753. The Labute approximate surface area is 105 Å². The van der Waals surface area contributed by atoms with Crippen molar-refractivity contribution in [1.29, 1.82) is 0 Å². The molecule has 0 radical (unpaired) electrons. The summed E-state index contributed by atoms with van der Waals surface area (Å²) in [6.07, 6.45) is 2.51.